The molecule has 0 atom stereocenters. The highest BCUT2D eigenvalue weighted by Crippen LogP contribution is 2.30. The minimum atomic E-state index is -0.281. The summed E-state index contributed by atoms with van der Waals surface area (Å²) in [6.45, 7) is 4.62. The van der Waals surface area contributed by atoms with E-state index in [0.717, 1.165) is 22.5 Å². The smallest absolute Gasteiger partial charge is 0.281 e. The van der Waals surface area contributed by atoms with Crippen LogP contribution in [0, 0.1) is 0 Å². The van der Waals surface area contributed by atoms with Gasteiger partial charge in [0.25, 0.3) is 5.91 Å². The molecule has 0 fully saturated rings. The summed E-state index contributed by atoms with van der Waals surface area (Å²) in [5.41, 5.74) is 3.99. The van der Waals surface area contributed by atoms with Gasteiger partial charge in [-0.15, -0.1) is 0 Å². The number of amides is 1. The van der Waals surface area contributed by atoms with Gasteiger partial charge in [0.1, 0.15) is 0 Å². The number of rotatable bonds is 6. The van der Waals surface area contributed by atoms with Crippen LogP contribution in [0.1, 0.15) is 42.3 Å². The van der Waals surface area contributed by atoms with Crippen LogP contribution in [-0.2, 0) is 17.9 Å². The Balaban J connectivity index is 1.71. The van der Waals surface area contributed by atoms with Crippen molar-refractivity contribution in [3.63, 3.8) is 0 Å². The highest BCUT2D eigenvalue weighted by atomic mass is 16.3. The van der Waals surface area contributed by atoms with E-state index in [1.807, 2.05) is 10.8 Å². The molecule has 0 saturated carbocycles. The van der Waals surface area contributed by atoms with Gasteiger partial charge in [0, 0.05) is 36.2 Å². The largest absolute Gasteiger partial charge is 0.390 e. The molecular weight excluding hydrogens is 370 g/mol. The molecule has 0 spiro atoms. The predicted molar refractivity (Wildman–Crippen MR) is 108 cm³/mol. The van der Waals surface area contributed by atoms with Crippen LogP contribution in [0.3, 0.4) is 0 Å². The highest BCUT2D eigenvalue weighted by molar-refractivity contribution is 6.25. The quantitative estimate of drug-likeness (QED) is 0.625. The van der Waals surface area contributed by atoms with E-state index in [1.54, 1.807) is 18.6 Å². The third-order valence-electron chi connectivity index (χ3n) is 4.72. The zero-order valence-electron chi connectivity index (χ0n) is 16.1. The van der Waals surface area contributed by atoms with Gasteiger partial charge < -0.3 is 14.7 Å². The van der Waals surface area contributed by atoms with Crippen molar-refractivity contribution in [2.45, 2.75) is 32.9 Å². The molecular formula is C20H21N7O2. The van der Waals surface area contributed by atoms with Crippen molar-refractivity contribution in [3.05, 3.63) is 65.4 Å². The van der Waals surface area contributed by atoms with Gasteiger partial charge in [0.15, 0.2) is 5.82 Å². The zero-order valence-corrected chi connectivity index (χ0v) is 16.1. The third-order valence-corrected chi connectivity index (χ3v) is 4.72. The van der Waals surface area contributed by atoms with E-state index in [0.29, 0.717) is 17.9 Å². The van der Waals surface area contributed by atoms with Crippen molar-refractivity contribution in [3.8, 4) is 0 Å². The van der Waals surface area contributed by atoms with Gasteiger partial charge in [-0.05, 0) is 23.1 Å². The number of nitrogens with zero attached hydrogens (tertiary/aromatic N) is 6. The summed E-state index contributed by atoms with van der Waals surface area (Å²) in [5.74, 6) is 0.266. The Labute approximate surface area is 167 Å². The first-order chi connectivity index (χ1) is 14.1. The van der Waals surface area contributed by atoms with Gasteiger partial charge in [0.2, 0.25) is 0 Å². The Morgan fingerprint density at radius 2 is 2.10 bits per heavy atom. The molecule has 0 aliphatic carbocycles. The van der Waals surface area contributed by atoms with Crippen molar-refractivity contribution in [1.29, 1.82) is 0 Å². The number of aliphatic hydroxyl groups is 1. The summed E-state index contributed by atoms with van der Waals surface area (Å²) in [5, 5.41) is 15.3. The number of anilines is 1. The molecule has 0 aromatic carbocycles. The molecule has 0 unspecified atom stereocenters. The van der Waals surface area contributed by atoms with Crippen molar-refractivity contribution in [2.75, 3.05) is 5.01 Å². The normalized spacial score (nSPS) is 15.2. The van der Waals surface area contributed by atoms with E-state index >= 15 is 0 Å². The first-order valence-corrected chi connectivity index (χ1v) is 9.24. The number of carbonyl (C=O) groups excluding carboxylic acids is 1. The second kappa shape index (κ2) is 7.80. The van der Waals surface area contributed by atoms with E-state index in [9.17, 15) is 9.90 Å². The molecule has 4 rings (SSSR count). The number of hydrazone groups is 1. The van der Waals surface area contributed by atoms with Crippen LogP contribution in [0.25, 0.3) is 6.08 Å². The average Bonchev–Trinajstić information content (AvgIpc) is 3.43. The molecule has 2 N–H and O–H groups in total. The molecule has 29 heavy (non-hydrogen) atoms. The van der Waals surface area contributed by atoms with Crippen LogP contribution in [0.2, 0.25) is 0 Å². The van der Waals surface area contributed by atoms with Crippen molar-refractivity contribution >= 4 is 24.0 Å². The Morgan fingerprint density at radius 1 is 1.24 bits per heavy atom. The van der Waals surface area contributed by atoms with E-state index in [4.69, 9.17) is 0 Å². The molecule has 1 aliphatic rings. The monoisotopic (exact) mass is 391 g/mol. The first kappa shape index (κ1) is 18.8. The van der Waals surface area contributed by atoms with Crippen molar-refractivity contribution in [2.24, 2.45) is 5.10 Å². The standard InChI is InChI=1S/C20H21N7O2/c1-13(2)19-15(10-26-6-5-22-12-26)17(11-28)25-16(19)7-14-8-24-27(20(14)29)18-9-21-3-4-23-18/h3-9,12-13,25,28H,10-11H2,1-2H3/b14-7+. The fraction of sp³-hybridized carbons (Fsp3) is 0.250. The lowest BCUT2D eigenvalue weighted by Gasteiger charge is -2.11. The second-order valence-corrected chi connectivity index (χ2v) is 6.98. The fourth-order valence-corrected chi connectivity index (χ4v) is 3.45. The molecule has 0 radical (unpaired) electrons. The summed E-state index contributed by atoms with van der Waals surface area (Å²) in [7, 11) is 0. The summed E-state index contributed by atoms with van der Waals surface area (Å²) in [6, 6.07) is 0. The van der Waals surface area contributed by atoms with Crippen LogP contribution in [-0.4, -0.2) is 41.7 Å². The van der Waals surface area contributed by atoms with Gasteiger partial charge in [-0.2, -0.15) is 10.1 Å². The third kappa shape index (κ3) is 3.59. The topological polar surface area (TPSA) is 112 Å². The zero-order chi connectivity index (χ0) is 20.4. The summed E-state index contributed by atoms with van der Waals surface area (Å²) in [6.07, 6.45) is 13.2. The van der Waals surface area contributed by atoms with Gasteiger partial charge in [-0.1, -0.05) is 13.8 Å². The number of H-pyrrole nitrogens is 1. The van der Waals surface area contributed by atoms with Crippen LogP contribution >= 0.6 is 0 Å². The number of aromatic nitrogens is 5. The highest BCUT2D eigenvalue weighted by Gasteiger charge is 2.27. The van der Waals surface area contributed by atoms with E-state index in [2.05, 4.69) is 38.9 Å². The maximum atomic E-state index is 12.8. The molecule has 148 valence electrons. The van der Waals surface area contributed by atoms with Gasteiger partial charge >= 0.3 is 0 Å². The lowest BCUT2D eigenvalue weighted by atomic mass is 9.96. The molecule has 3 aromatic heterocycles. The number of hydrogen-bond acceptors (Lipinski definition) is 6. The fourth-order valence-electron chi connectivity index (χ4n) is 3.45. The van der Waals surface area contributed by atoms with Crippen LogP contribution in [0.4, 0.5) is 5.82 Å². The molecule has 0 bridgehead atoms. The number of hydrogen-bond donors (Lipinski definition) is 2. The van der Waals surface area contributed by atoms with E-state index in [-0.39, 0.29) is 18.4 Å². The second-order valence-electron chi connectivity index (χ2n) is 6.98. The number of imidazole rings is 1. The van der Waals surface area contributed by atoms with Gasteiger partial charge in [-0.25, -0.2) is 9.97 Å². The molecule has 1 aliphatic heterocycles. The predicted octanol–water partition coefficient (Wildman–Crippen LogP) is 2.08. The summed E-state index contributed by atoms with van der Waals surface area (Å²) >= 11 is 0. The van der Waals surface area contributed by atoms with Crippen LogP contribution in [0.15, 0.2) is 48.0 Å². The maximum Gasteiger partial charge on any atom is 0.281 e. The van der Waals surface area contributed by atoms with Crippen LogP contribution in [0.5, 0.6) is 0 Å². The van der Waals surface area contributed by atoms with Crippen LogP contribution < -0.4 is 5.01 Å². The van der Waals surface area contributed by atoms with E-state index < -0.39 is 0 Å². The minimum Gasteiger partial charge on any atom is -0.390 e. The molecule has 9 heteroatoms. The van der Waals surface area contributed by atoms with Gasteiger partial charge in [-0.3, -0.25) is 9.78 Å². The number of carbonyl (C=O) groups is 1. The summed E-state index contributed by atoms with van der Waals surface area (Å²) in [4.78, 5) is 28.3. The summed E-state index contributed by atoms with van der Waals surface area (Å²) < 4.78 is 1.95. The Hall–Kier alpha value is -3.59. The van der Waals surface area contributed by atoms with Crippen molar-refractivity contribution in [1.82, 2.24) is 24.5 Å². The first-order valence-electron chi connectivity index (χ1n) is 9.24. The Bertz CT molecular complexity index is 1070. The molecule has 4 heterocycles. The van der Waals surface area contributed by atoms with E-state index in [1.165, 1.54) is 29.8 Å². The molecule has 9 nitrogen and oxygen atoms in total. The Morgan fingerprint density at radius 3 is 2.76 bits per heavy atom. The number of nitrogens with one attached hydrogen (secondary N) is 1. The lowest BCUT2D eigenvalue weighted by Crippen LogP contribution is -2.22. The SMILES string of the molecule is CC(C)c1c(/C=C2\C=NN(c3cnccn3)C2=O)[nH]c(CO)c1Cn1ccnc1. The van der Waals surface area contributed by atoms with Crippen molar-refractivity contribution < 1.29 is 9.90 Å². The number of aliphatic hydroxyl groups excluding tert-OH is 1. The molecule has 1 amide bonds. The molecule has 0 saturated heterocycles. The van der Waals surface area contributed by atoms with Gasteiger partial charge in [0.05, 0.1) is 37.5 Å². The maximum absolute atomic E-state index is 12.8. The Kier molecular flexibility index (Phi) is 5.05. The lowest BCUT2D eigenvalue weighted by molar-refractivity contribution is -0.114. The number of aromatic amines is 1. The average molecular weight is 391 g/mol. The molecule has 3 aromatic rings. The minimum absolute atomic E-state index is 0.124.